The first-order valence-electron chi connectivity index (χ1n) is 7.45. The minimum Gasteiger partial charge on any atom is -0.481 e. The Bertz CT molecular complexity index is 589. The number of pyridine rings is 1. The summed E-state index contributed by atoms with van der Waals surface area (Å²) in [7, 11) is 0. The lowest BCUT2D eigenvalue weighted by Gasteiger charge is -2.28. The maximum atomic E-state index is 11.5. The van der Waals surface area contributed by atoms with Crippen molar-refractivity contribution >= 4 is 11.8 Å². The molecule has 0 radical (unpaired) electrons. The predicted molar refractivity (Wildman–Crippen MR) is 81.6 cm³/mol. The first-order valence-corrected chi connectivity index (χ1v) is 7.45. The van der Waals surface area contributed by atoms with E-state index in [2.05, 4.69) is 16.4 Å². The fourth-order valence-corrected chi connectivity index (χ4v) is 2.89. The van der Waals surface area contributed by atoms with Crippen LogP contribution in [0, 0.1) is 37.0 Å². The van der Waals surface area contributed by atoms with Gasteiger partial charge in [-0.05, 0) is 44.2 Å². The van der Waals surface area contributed by atoms with Gasteiger partial charge in [-0.2, -0.15) is 5.26 Å². The van der Waals surface area contributed by atoms with Crippen LogP contribution in [-0.4, -0.2) is 35.8 Å². The van der Waals surface area contributed by atoms with E-state index < -0.39 is 11.9 Å². The number of hydrogen-bond donors (Lipinski definition) is 2. The molecule has 2 N–H and O–H groups in total. The van der Waals surface area contributed by atoms with Crippen molar-refractivity contribution in [2.45, 2.75) is 26.7 Å². The Morgan fingerprint density at radius 2 is 2.23 bits per heavy atom. The van der Waals surface area contributed by atoms with Crippen molar-refractivity contribution in [3.05, 3.63) is 22.9 Å². The van der Waals surface area contributed by atoms with Gasteiger partial charge in [0.2, 0.25) is 0 Å². The van der Waals surface area contributed by atoms with Gasteiger partial charge in [0.15, 0.2) is 0 Å². The zero-order valence-electron chi connectivity index (χ0n) is 12.9. The second-order valence-corrected chi connectivity index (χ2v) is 5.69. The number of carboxylic acids is 1. The topological polar surface area (TPSA) is 95.2 Å². The monoisotopic (exact) mass is 303 g/mol. The summed E-state index contributed by atoms with van der Waals surface area (Å²) in [5.74, 6) is -0.756. The van der Waals surface area contributed by atoms with Gasteiger partial charge in [-0.25, -0.2) is 4.98 Å². The van der Waals surface area contributed by atoms with Gasteiger partial charge in [0.1, 0.15) is 11.9 Å². The normalized spacial score (nSPS) is 16.8. The van der Waals surface area contributed by atoms with Crippen LogP contribution in [0.3, 0.4) is 0 Å². The number of carbonyl (C=O) groups is 1. The van der Waals surface area contributed by atoms with Crippen LogP contribution < -0.4 is 5.32 Å². The minimum atomic E-state index is -0.817. The number of nitrogens with zero attached hydrogens (tertiary/aromatic N) is 2. The van der Waals surface area contributed by atoms with Gasteiger partial charge in [0.05, 0.1) is 11.5 Å². The van der Waals surface area contributed by atoms with Gasteiger partial charge >= 0.3 is 5.97 Å². The van der Waals surface area contributed by atoms with Gasteiger partial charge in [0, 0.05) is 25.5 Å². The molecule has 1 aromatic heterocycles. The van der Waals surface area contributed by atoms with Crippen molar-refractivity contribution in [1.82, 2.24) is 4.98 Å². The van der Waals surface area contributed by atoms with E-state index in [9.17, 15) is 15.2 Å². The molecule has 0 bridgehead atoms. The molecule has 1 saturated heterocycles. The lowest BCUT2D eigenvalue weighted by Crippen LogP contribution is -2.34. The van der Waals surface area contributed by atoms with Crippen LogP contribution in [0.15, 0.2) is 6.07 Å². The molecular formula is C16H21N3O3. The number of carboxylic acid groups (broad SMARTS) is 1. The SMILES string of the molecule is Cc1cc(C)c(C#N)c(NCC(C(=O)O)C2CCOCC2)n1. The summed E-state index contributed by atoms with van der Waals surface area (Å²) >= 11 is 0. The van der Waals surface area contributed by atoms with Gasteiger partial charge < -0.3 is 15.2 Å². The zero-order valence-corrected chi connectivity index (χ0v) is 12.9. The average molecular weight is 303 g/mol. The number of aliphatic carboxylic acids is 1. The van der Waals surface area contributed by atoms with E-state index in [1.54, 1.807) is 0 Å². The van der Waals surface area contributed by atoms with Crippen LogP contribution >= 0.6 is 0 Å². The molecule has 1 atom stereocenters. The molecule has 6 nitrogen and oxygen atoms in total. The summed E-state index contributed by atoms with van der Waals surface area (Å²) < 4.78 is 5.29. The molecule has 2 heterocycles. The van der Waals surface area contributed by atoms with E-state index >= 15 is 0 Å². The molecular weight excluding hydrogens is 282 g/mol. The average Bonchev–Trinajstić information content (AvgIpc) is 2.48. The Morgan fingerprint density at radius 3 is 2.82 bits per heavy atom. The van der Waals surface area contributed by atoms with Crippen molar-refractivity contribution in [3.63, 3.8) is 0 Å². The molecule has 1 aromatic rings. The lowest BCUT2D eigenvalue weighted by molar-refractivity contribution is -0.144. The van der Waals surface area contributed by atoms with Crippen LogP contribution in [0.1, 0.15) is 29.7 Å². The summed E-state index contributed by atoms with van der Waals surface area (Å²) in [6.45, 7) is 5.20. The molecule has 118 valence electrons. The van der Waals surface area contributed by atoms with Crippen molar-refractivity contribution in [2.24, 2.45) is 11.8 Å². The van der Waals surface area contributed by atoms with Gasteiger partial charge in [-0.1, -0.05) is 0 Å². The van der Waals surface area contributed by atoms with Gasteiger partial charge in [0.25, 0.3) is 0 Å². The quantitative estimate of drug-likeness (QED) is 0.865. The summed E-state index contributed by atoms with van der Waals surface area (Å²) in [4.78, 5) is 15.9. The molecule has 6 heteroatoms. The Kier molecular flexibility index (Phi) is 5.34. The van der Waals surface area contributed by atoms with E-state index in [-0.39, 0.29) is 12.5 Å². The van der Waals surface area contributed by atoms with Crippen molar-refractivity contribution in [2.75, 3.05) is 25.1 Å². The smallest absolute Gasteiger partial charge is 0.308 e. The fraction of sp³-hybridized carbons (Fsp3) is 0.562. The molecule has 1 unspecified atom stereocenters. The highest BCUT2D eigenvalue weighted by molar-refractivity contribution is 5.71. The van der Waals surface area contributed by atoms with Crippen molar-refractivity contribution < 1.29 is 14.6 Å². The Labute approximate surface area is 130 Å². The number of nitrogens with one attached hydrogen (secondary N) is 1. The third-order valence-electron chi connectivity index (χ3n) is 4.10. The third kappa shape index (κ3) is 3.74. The van der Waals surface area contributed by atoms with Crippen LogP contribution in [0.2, 0.25) is 0 Å². The molecule has 0 aliphatic carbocycles. The summed E-state index contributed by atoms with van der Waals surface area (Å²) in [5.41, 5.74) is 2.12. The molecule has 1 aliphatic heterocycles. The molecule has 0 amide bonds. The molecule has 0 saturated carbocycles. The second-order valence-electron chi connectivity index (χ2n) is 5.69. The number of aromatic nitrogens is 1. The summed E-state index contributed by atoms with van der Waals surface area (Å²) in [5, 5.41) is 21.8. The Hall–Kier alpha value is -2.13. The number of aryl methyl sites for hydroxylation is 2. The van der Waals surface area contributed by atoms with Crippen LogP contribution in [0.25, 0.3) is 0 Å². The first kappa shape index (κ1) is 16.2. The second kappa shape index (κ2) is 7.23. The van der Waals surface area contributed by atoms with Crippen molar-refractivity contribution in [3.8, 4) is 6.07 Å². The molecule has 1 aliphatic rings. The molecule has 0 spiro atoms. The number of nitriles is 1. The summed E-state index contributed by atoms with van der Waals surface area (Å²) in [6.07, 6.45) is 1.51. The maximum Gasteiger partial charge on any atom is 0.308 e. The third-order valence-corrected chi connectivity index (χ3v) is 4.10. The Morgan fingerprint density at radius 1 is 1.55 bits per heavy atom. The van der Waals surface area contributed by atoms with E-state index in [0.29, 0.717) is 24.6 Å². The highest BCUT2D eigenvalue weighted by Crippen LogP contribution is 2.25. The largest absolute Gasteiger partial charge is 0.481 e. The van der Waals surface area contributed by atoms with Crippen LogP contribution in [0.5, 0.6) is 0 Å². The van der Waals surface area contributed by atoms with Crippen molar-refractivity contribution in [1.29, 1.82) is 5.26 Å². The first-order chi connectivity index (χ1) is 10.5. The number of ether oxygens (including phenoxy) is 1. The zero-order chi connectivity index (χ0) is 16.1. The number of rotatable bonds is 5. The number of hydrogen-bond acceptors (Lipinski definition) is 5. The predicted octanol–water partition coefficient (Wildman–Crippen LogP) is 2.11. The fourth-order valence-electron chi connectivity index (χ4n) is 2.89. The van der Waals surface area contributed by atoms with E-state index in [1.165, 1.54) is 0 Å². The standard InChI is InChI=1S/C16H21N3O3/c1-10-7-11(2)19-15(13(10)8-17)18-9-14(16(20)21)12-3-5-22-6-4-12/h7,12,14H,3-6,9H2,1-2H3,(H,18,19)(H,20,21). The highest BCUT2D eigenvalue weighted by atomic mass is 16.5. The van der Waals surface area contributed by atoms with E-state index in [4.69, 9.17) is 4.74 Å². The molecule has 1 fully saturated rings. The van der Waals surface area contributed by atoms with Crippen LogP contribution in [0.4, 0.5) is 5.82 Å². The van der Waals surface area contributed by atoms with Gasteiger partial charge in [-0.3, -0.25) is 4.79 Å². The molecule has 2 rings (SSSR count). The Balaban J connectivity index is 2.13. The van der Waals surface area contributed by atoms with Crippen LogP contribution in [-0.2, 0) is 9.53 Å². The van der Waals surface area contributed by atoms with E-state index in [0.717, 1.165) is 24.1 Å². The maximum absolute atomic E-state index is 11.5. The number of anilines is 1. The lowest BCUT2D eigenvalue weighted by atomic mass is 9.86. The van der Waals surface area contributed by atoms with E-state index in [1.807, 2.05) is 19.9 Å². The molecule has 0 aromatic carbocycles. The highest BCUT2D eigenvalue weighted by Gasteiger charge is 2.29. The molecule has 22 heavy (non-hydrogen) atoms. The van der Waals surface area contributed by atoms with Gasteiger partial charge in [-0.15, -0.1) is 0 Å². The summed E-state index contributed by atoms with van der Waals surface area (Å²) in [6, 6.07) is 3.98. The minimum absolute atomic E-state index is 0.0928.